The standard InChI is InChI=1S/C14H15N5O/c1-3-18(4-2)12-6-5-10-7-11(9-20)14-15-16-17-19(14)13(10)8-12/h5-9H,3-4H2,1-2H3. The van der Waals surface area contributed by atoms with Crippen LogP contribution in [-0.4, -0.2) is 39.4 Å². The molecule has 2 aromatic heterocycles. The fourth-order valence-corrected chi connectivity index (χ4v) is 2.47. The molecule has 0 amide bonds. The number of nitrogens with zero attached hydrogens (tertiary/aromatic N) is 5. The molecule has 0 fully saturated rings. The largest absolute Gasteiger partial charge is 0.372 e. The van der Waals surface area contributed by atoms with Crippen molar-refractivity contribution in [3.05, 3.63) is 29.8 Å². The second kappa shape index (κ2) is 4.88. The number of tetrazole rings is 1. The van der Waals surface area contributed by atoms with E-state index < -0.39 is 0 Å². The predicted molar refractivity (Wildman–Crippen MR) is 77.2 cm³/mol. The number of hydrogen-bond donors (Lipinski definition) is 0. The third-order valence-electron chi connectivity index (χ3n) is 3.54. The Hall–Kier alpha value is -2.50. The maximum absolute atomic E-state index is 11.1. The van der Waals surface area contributed by atoms with E-state index in [-0.39, 0.29) is 0 Å². The minimum Gasteiger partial charge on any atom is -0.372 e. The van der Waals surface area contributed by atoms with Gasteiger partial charge < -0.3 is 4.90 Å². The van der Waals surface area contributed by atoms with Crippen molar-refractivity contribution in [1.29, 1.82) is 0 Å². The molecular formula is C14H15N5O. The van der Waals surface area contributed by atoms with Crippen molar-refractivity contribution in [3.8, 4) is 0 Å². The molecule has 0 saturated carbocycles. The number of anilines is 1. The van der Waals surface area contributed by atoms with Crippen molar-refractivity contribution < 1.29 is 4.79 Å². The molecule has 0 aliphatic heterocycles. The van der Waals surface area contributed by atoms with Gasteiger partial charge in [-0.3, -0.25) is 4.79 Å². The maximum atomic E-state index is 11.1. The van der Waals surface area contributed by atoms with E-state index in [1.165, 1.54) is 0 Å². The van der Waals surface area contributed by atoms with Gasteiger partial charge in [0.1, 0.15) is 0 Å². The molecule has 20 heavy (non-hydrogen) atoms. The average molecular weight is 269 g/mol. The molecule has 102 valence electrons. The second-order valence-corrected chi connectivity index (χ2v) is 4.55. The lowest BCUT2D eigenvalue weighted by molar-refractivity contribution is 0.112. The van der Waals surface area contributed by atoms with E-state index in [4.69, 9.17) is 0 Å². The Morgan fingerprint density at radius 1 is 1.25 bits per heavy atom. The molecule has 0 spiro atoms. The first-order chi connectivity index (χ1) is 9.78. The molecule has 6 heteroatoms. The van der Waals surface area contributed by atoms with Crippen molar-refractivity contribution in [3.63, 3.8) is 0 Å². The summed E-state index contributed by atoms with van der Waals surface area (Å²) in [6, 6.07) is 7.93. The Morgan fingerprint density at radius 3 is 2.75 bits per heavy atom. The summed E-state index contributed by atoms with van der Waals surface area (Å²) in [6.07, 6.45) is 0.781. The van der Waals surface area contributed by atoms with Gasteiger partial charge in [-0.2, -0.15) is 4.52 Å². The van der Waals surface area contributed by atoms with Gasteiger partial charge in [0, 0.05) is 24.2 Å². The van der Waals surface area contributed by atoms with Crippen molar-refractivity contribution in [2.75, 3.05) is 18.0 Å². The third-order valence-corrected chi connectivity index (χ3v) is 3.54. The number of rotatable bonds is 4. The molecule has 0 saturated heterocycles. The van der Waals surface area contributed by atoms with Gasteiger partial charge in [0.25, 0.3) is 0 Å². The Kier molecular flexibility index (Phi) is 3.06. The Morgan fingerprint density at radius 2 is 2.05 bits per heavy atom. The van der Waals surface area contributed by atoms with Crippen LogP contribution in [0.4, 0.5) is 5.69 Å². The lowest BCUT2D eigenvalue weighted by Crippen LogP contribution is -2.21. The van der Waals surface area contributed by atoms with Crippen molar-refractivity contribution in [2.45, 2.75) is 13.8 Å². The summed E-state index contributed by atoms with van der Waals surface area (Å²) in [6.45, 7) is 6.12. The number of benzene rings is 1. The van der Waals surface area contributed by atoms with Gasteiger partial charge >= 0.3 is 0 Å². The molecule has 0 radical (unpaired) electrons. The van der Waals surface area contributed by atoms with E-state index in [0.29, 0.717) is 11.2 Å². The predicted octanol–water partition coefficient (Wildman–Crippen LogP) is 1.94. The van der Waals surface area contributed by atoms with Crippen LogP contribution in [0.2, 0.25) is 0 Å². The van der Waals surface area contributed by atoms with Gasteiger partial charge in [-0.15, -0.1) is 5.10 Å². The third kappa shape index (κ3) is 1.80. The van der Waals surface area contributed by atoms with Crippen LogP contribution in [0, 0.1) is 0 Å². The Labute approximate surface area is 116 Å². The number of aldehydes is 1. The van der Waals surface area contributed by atoms with Crippen LogP contribution in [0.1, 0.15) is 24.2 Å². The molecule has 3 rings (SSSR count). The van der Waals surface area contributed by atoms with Crippen LogP contribution in [0.25, 0.3) is 16.6 Å². The Bertz CT molecular complexity index is 776. The molecule has 0 aliphatic carbocycles. The topological polar surface area (TPSA) is 63.4 Å². The molecular weight excluding hydrogens is 254 g/mol. The van der Waals surface area contributed by atoms with E-state index >= 15 is 0 Å². The Balaban J connectivity index is 2.31. The first-order valence-corrected chi connectivity index (χ1v) is 6.63. The van der Waals surface area contributed by atoms with Crippen LogP contribution < -0.4 is 4.90 Å². The first kappa shape index (κ1) is 12.5. The smallest absolute Gasteiger partial charge is 0.190 e. The van der Waals surface area contributed by atoms with E-state index in [0.717, 1.165) is 36.0 Å². The monoisotopic (exact) mass is 269 g/mol. The summed E-state index contributed by atoms with van der Waals surface area (Å²) in [5, 5.41) is 12.5. The number of aromatic nitrogens is 4. The molecule has 0 atom stereocenters. The normalized spacial score (nSPS) is 11.1. The van der Waals surface area contributed by atoms with E-state index in [1.807, 2.05) is 12.1 Å². The lowest BCUT2D eigenvalue weighted by Gasteiger charge is -2.21. The van der Waals surface area contributed by atoms with Gasteiger partial charge in [0.2, 0.25) is 0 Å². The zero-order valence-corrected chi connectivity index (χ0v) is 11.4. The van der Waals surface area contributed by atoms with E-state index in [2.05, 4.69) is 46.4 Å². The van der Waals surface area contributed by atoms with Gasteiger partial charge in [-0.1, -0.05) is 6.07 Å². The average Bonchev–Trinajstić information content (AvgIpc) is 2.97. The second-order valence-electron chi connectivity index (χ2n) is 4.55. The quantitative estimate of drug-likeness (QED) is 0.677. The fraction of sp³-hybridized carbons (Fsp3) is 0.286. The summed E-state index contributed by atoms with van der Waals surface area (Å²) >= 11 is 0. The molecule has 2 heterocycles. The highest BCUT2D eigenvalue weighted by atomic mass is 16.1. The van der Waals surface area contributed by atoms with Crippen molar-refractivity contribution in [2.24, 2.45) is 0 Å². The van der Waals surface area contributed by atoms with Crippen molar-refractivity contribution in [1.82, 2.24) is 20.0 Å². The number of pyridine rings is 1. The molecule has 3 aromatic rings. The number of fused-ring (bicyclic) bond motifs is 3. The number of hydrogen-bond acceptors (Lipinski definition) is 5. The molecule has 0 N–H and O–H groups in total. The highest BCUT2D eigenvalue weighted by molar-refractivity contribution is 5.94. The van der Waals surface area contributed by atoms with Crippen LogP contribution >= 0.6 is 0 Å². The van der Waals surface area contributed by atoms with Crippen LogP contribution in [0.5, 0.6) is 0 Å². The highest BCUT2D eigenvalue weighted by Gasteiger charge is 2.11. The SMILES string of the molecule is CCN(CC)c1ccc2cc(C=O)c3nnnn3c2c1. The first-order valence-electron chi connectivity index (χ1n) is 6.63. The summed E-state index contributed by atoms with van der Waals surface area (Å²) < 4.78 is 1.62. The summed E-state index contributed by atoms with van der Waals surface area (Å²) in [7, 11) is 0. The summed E-state index contributed by atoms with van der Waals surface area (Å²) in [5.41, 5.74) is 3.01. The summed E-state index contributed by atoms with van der Waals surface area (Å²) in [4.78, 5) is 13.4. The van der Waals surface area contributed by atoms with Gasteiger partial charge in [0.05, 0.1) is 11.1 Å². The van der Waals surface area contributed by atoms with E-state index in [1.54, 1.807) is 4.52 Å². The number of carbonyl (C=O) groups excluding carboxylic acids is 1. The highest BCUT2D eigenvalue weighted by Crippen LogP contribution is 2.24. The van der Waals surface area contributed by atoms with Crippen LogP contribution in [0.3, 0.4) is 0 Å². The molecule has 6 nitrogen and oxygen atoms in total. The molecule has 0 bridgehead atoms. The van der Waals surface area contributed by atoms with Crippen LogP contribution in [-0.2, 0) is 0 Å². The summed E-state index contributed by atoms with van der Waals surface area (Å²) in [5.74, 6) is 0. The zero-order chi connectivity index (χ0) is 14.1. The molecule has 1 aromatic carbocycles. The maximum Gasteiger partial charge on any atom is 0.190 e. The number of carbonyl (C=O) groups is 1. The van der Waals surface area contributed by atoms with Crippen LogP contribution in [0.15, 0.2) is 24.3 Å². The fourth-order valence-electron chi connectivity index (χ4n) is 2.47. The lowest BCUT2D eigenvalue weighted by atomic mass is 10.1. The van der Waals surface area contributed by atoms with Crippen molar-refractivity contribution >= 4 is 28.5 Å². The van der Waals surface area contributed by atoms with E-state index in [9.17, 15) is 4.79 Å². The molecule has 0 aliphatic rings. The zero-order valence-electron chi connectivity index (χ0n) is 11.4. The molecule has 0 unspecified atom stereocenters. The minimum absolute atomic E-state index is 0.490. The van der Waals surface area contributed by atoms with Gasteiger partial charge in [-0.05, 0) is 42.5 Å². The van der Waals surface area contributed by atoms with Gasteiger partial charge in [0.15, 0.2) is 11.9 Å². The minimum atomic E-state index is 0.490. The van der Waals surface area contributed by atoms with Gasteiger partial charge in [-0.25, -0.2) is 0 Å².